The van der Waals surface area contributed by atoms with Gasteiger partial charge >= 0.3 is 6.09 Å². The van der Waals surface area contributed by atoms with Crippen molar-refractivity contribution < 1.29 is 19.0 Å². The van der Waals surface area contributed by atoms with Gasteiger partial charge in [-0.1, -0.05) is 0 Å². The van der Waals surface area contributed by atoms with E-state index in [4.69, 9.17) is 14.2 Å². The maximum atomic E-state index is 12.3. The van der Waals surface area contributed by atoms with E-state index in [-0.39, 0.29) is 36.2 Å². The van der Waals surface area contributed by atoms with Crippen LogP contribution in [0.2, 0.25) is 0 Å². The van der Waals surface area contributed by atoms with E-state index in [2.05, 4.69) is 15.6 Å². The molecule has 2 N–H and O–H groups in total. The third-order valence-electron chi connectivity index (χ3n) is 5.09. The Morgan fingerprint density at radius 3 is 2.67 bits per heavy atom. The highest BCUT2D eigenvalue weighted by Crippen LogP contribution is 2.21. The number of hydrogen-bond donors (Lipinski definition) is 2. The van der Waals surface area contributed by atoms with Crippen molar-refractivity contribution in [1.29, 1.82) is 0 Å². The third kappa shape index (κ3) is 11.0. The fraction of sp³-hybridized carbons (Fsp3) is 0.905. The molecule has 2 saturated heterocycles. The number of piperidine rings is 1. The summed E-state index contributed by atoms with van der Waals surface area (Å²) in [6.45, 7) is 11.2. The molecule has 2 rings (SSSR count). The molecule has 2 aliphatic rings. The second-order valence-corrected chi connectivity index (χ2v) is 8.86. The lowest BCUT2D eigenvalue weighted by molar-refractivity contribution is 0.0162. The first-order valence-electron chi connectivity index (χ1n) is 11.0. The monoisotopic (exact) mass is 540 g/mol. The van der Waals surface area contributed by atoms with Crippen molar-refractivity contribution in [1.82, 2.24) is 15.5 Å². The number of carbonyl (C=O) groups excluding carboxylic acids is 1. The number of nitrogens with zero attached hydrogens (tertiary/aromatic N) is 2. The molecule has 9 heteroatoms. The minimum absolute atomic E-state index is 0. The van der Waals surface area contributed by atoms with Gasteiger partial charge in [0.25, 0.3) is 0 Å². The van der Waals surface area contributed by atoms with E-state index >= 15 is 0 Å². The first-order valence-corrected chi connectivity index (χ1v) is 11.0. The molecule has 30 heavy (non-hydrogen) atoms. The molecule has 0 bridgehead atoms. The average Bonchev–Trinajstić information content (AvgIpc) is 3.18. The summed E-state index contributed by atoms with van der Waals surface area (Å²) >= 11 is 0. The third-order valence-corrected chi connectivity index (χ3v) is 5.09. The van der Waals surface area contributed by atoms with Crippen LogP contribution in [0.4, 0.5) is 4.79 Å². The summed E-state index contributed by atoms with van der Waals surface area (Å²) in [4.78, 5) is 18.4. The fourth-order valence-corrected chi connectivity index (χ4v) is 3.58. The lowest BCUT2D eigenvalue weighted by Gasteiger charge is -2.34. The van der Waals surface area contributed by atoms with Gasteiger partial charge in [0.05, 0.1) is 12.7 Å². The predicted octanol–water partition coefficient (Wildman–Crippen LogP) is 3.00. The Morgan fingerprint density at radius 2 is 2.00 bits per heavy atom. The first-order chi connectivity index (χ1) is 13.9. The zero-order valence-corrected chi connectivity index (χ0v) is 21.4. The molecule has 2 aliphatic heterocycles. The molecule has 2 unspecified atom stereocenters. The van der Waals surface area contributed by atoms with Crippen molar-refractivity contribution in [2.24, 2.45) is 10.9 Å². The quantitative estimate of drug-likeness (QED) is 0.213. The van der Waals surface area contributed by atoms with E-state index in [0.29, 0.717) is 5.92 Å². The summed E-state index contributed by atoms with van der Waals surface area (Å²) in [6, 6.07) is 0. The lowest BCUT2D eigenvalue weighted by Crippen LogP contribution is -2.44. The Morgan fingerprint density at radius 1 is 1.23 bits per heavy atom. The number of ether oxygens (including phenoxy) is 3. The van der Waals surface area contributed by atoms with Gasteiger partial charge in [-0.25, -0.2) is 4.79 Å². The minimum Gasteiger partial charge on any atom is -0.444 e. The Labute approximate surface area is 198 Å². The van der Waals surface area contributed by atoms with Crippen molar-refractivity contribution in [3.8, 4) is 0 Å². The van der Waals surface area contributed by atoms with Gasteiger partial charge < -0.3 is 29.7 Å². The number of rotatable bonds is 8. The predicted molar refractivity (Wildman–Crippen MR) is 130 cm³/mol. The normalized spacial score (nSPS) is 22.4. The van der Waals surface area contributed by atoms with Crippen molar-refractivity contribution in [2.45, 2.75) is 64.6 Å². The standard InChI is InChI=1S/C21H40N4O4.HI/c1-21(2,3)29-20(26)25-12-5-7-17(15-25)8-11-24-19(22-4)23-10-6-13-28-18-9-14-27-16-18;/h17-18H,5-16H2,1-4H3,(H2,22,23,24);1H. The lowest BCUT2D eigenvalue weighted by atomic mass is 9.95. The molecule has 0 aromatic heterocycles. The number of amides is 1. The van der Waals surface area contributed by atoms with Crippen molar-refractivity contribution in [2.75, 3.05) is 53.0 Å². The van der Waals surface area contributed by atoms with Gasteiger partial charge in [-0.3, -0.25) is 4.99 Å². The van der Waals surface area contributed by atoms with Crippen LogP contribution in [0.3, 0.4) is 0 Å². The molecule has 0 radical (unpaired) electrons. The topological polar surface area (TPSA) is 84.4 Å². The Hall–Kier alpha value is -0.810. The molecule has 176 valence electrons. The maximum Gasteiger partial charge on any atom is 0.410 e. The number of halogens is 1. The number of carbonyl (C=O) groups is 1. The van der Waals surface area contributed by atoms with Crippen LogP contribution >= 0.6 is 24.0 Å². The van der Waals surface area contributed by atoms with E-state index in [0.717, 1.165) is 84.1 Å². The summed E-state index contributed by atoms with van der Waals surface area (Å²) < 4.78 is 16.6. The summed E-state index contributed by atoms with van der Waals surface area (Å²) in [5, 5.41) is 6.70. The van der Waals surface area contributed by atoms with E-state index in [1.807, 2.05) is 25.7 Å². The van der Waals surface area contributed by atoms with Gasteiger partial charge in [-0.05, 0) is 58.8 Å². The largest absolute Gasteiger partial charge is 0.444 e. The highest BCUT2D eigenvalue weighted by atomic mass is 127. The van der Waals surface area contributed by atoms with Crippen LogP contribution in [-0.4, -0.2) is 81.7 Å². The molecule has 2 heterocycles. The summed E-state index contributed by atoms with van der Waals surface area (Å²) in [5.74, 6) is 1.30. The van der Waals surface area contributed by atoms with Crippen LogP contribution in [-0.2, 0) is 14.2 Å². The second-order valence-electron chi connectivity index (χ2n) is 8.86. The van der Waals surface area contributed by atoms with Crippen LogP contribution in [0, 0.1) is 5.92 Å². The molecular formula is C21H41IN4O4. The molecule has 0 aliphatic carbocycles. The number of guanidine groups is 1. The van der Waals surface area contributed by atoms with Gasteiger partial charge in [0.2, 0.25) is 0 Å². The van der Waals surface area contributed by atoms with Crippen LogP contribution in [0.25, 0.3) is 0 Å². The van der Waals surface area contributed by atoms with Gasteiger partial charge in [0, 0.05) is 46.4 Å². The van der Waals surface area contributed by atoms with Crippen molar-refractivity contribution in [3.63, 3.8) is 0 Å². The van der Waals surface area contributed by atoms with E-state index < -0.39 is 5.60 Å². The van der Waals surface area contributed by atoms with Crippen LogP contribution in [0.1, 0.15) is 52.9 Å². The molecule has 0 spiro atoms. The molecule has 8 nitrogen and oxygen atoms in total. The van der Waals surface area contributed by atoms with E-state index in [1.165, 1.54) is 0 Å². The number of nitrogens with one attached hydrogen (secondary N) is 2. The van der Waals surface area contributed by atoms with Crippen LogP contribution in [0.5, 0.6) is 0 Å². The molecule has 1 amide bonds. The maximum absolute atomic E-state index is 12.3. The van der Waals surface area contributed by atoms with Crippen LogP contribution < -0.4 is 10.6 Å². The van der Waals surface area contributed by atoms with E-state index in [1.54, 1.807) is 7.05 Å². The molecule has 2 atom stereocenters. The highest BCUT2D eigenvalue weighted by molar-refractivity contribution is 14.0. The van der Waals surface area contributed by atoms with Crippen molar-refractivity contribution >= 4 is 36.0 Å². The average molecular weight is 540 g/mol. The van der Waals surface area contributed by atoms with Gasteiger partial charge in [-0.2, -0.15) is 0 Å². The van der Waals surface area contributed by atoms with Gasteiger partial charge in [-0.15, -0.1) is 24.0 Å². The number of likely N-dealkylation sites (tertiary alicyclic amines) is 1. The molecule has 0 aromatic carbocycles. The zero-order valence-electron chi connectivity index (χ0n) is 19.1. The summed E-state index contributed by atoms with van der Waals surface area (Å²) in [6.07, 6.45) is 5.19. The van der Waals surface area contributed by atoms with Gasteiger partial charge in [0.15, 0.2) is 5.96 Å². The molecule has 0 aromatic rings. The highest BCUT2D eigenvalue weighted by Gasteiger charge is 2.27. The summed E-state index contributed by atoms with van der Waals surface area (Å²) in [5.41, 5.74) is -0.445. The number of hydrogen-bond acceptors (Lipinski definition) is 5. The van der Waals surface area contributed by atoms with Crippen molar-refractivity contribution in [3.05, 3.63) is 0 Å². The zero-order chi connectivity index (χ0) is 21.1. The Kier molecular flexibility index (Phi) is 13.0. The Bertz CT molecular complexity index is 522. The molecule has 0 saturated carbocycles. The second kappa shape index (κ2) is 14.3. The van der Waals surface area contributed by atoms with Gasteiger partial charge in [0.1, 0.15) is 5.60 Å². The molecule has 2 fully saturated rings. The SMILES string of the molecule is CN=C(NCCCOC1CCOC1)NCCC1CCCN(C(=O)OC(C)(C)C)C1.I. The Balaban J connectivity index is 0.00000450. The van der Waals surface area contributed by atoms with E-state index in [9.17, 15) is 4.79 Å². The number of aliphatic imine (C=N–C) groups is 1. The fourth-order valence-electron chi connectivity index (χ4n) is 3.58. The first kappa shape index (κ1) is 27.2. The summed E-state index contributed by atoms with van der Waals surface area (Å²) in [7, 11) is 1.78. The minimum atomic E-state index is -0.445. The molecular weight excluding hydrogens is 499 g/mol. The van der Waals surface area contributed by atoms with Crippen LogP contribution in [0.15, 0.2) is 4.99 Å². The smallest absolute Gasteiger partial charge is 0.410 e.